The molecule has 0 atom stereocenters. The monoisotopic (exact) mass is 339 g/mol. The van der Waals surface area contributed by atoms with Crippen LogP contribution in [0, 0.1) is 0 Å². The largest absolute Gasteiger partial charge is 0.284 e. The van der Waals surface area contributed by atoms with E-state index >= 15 is 0 Å². The molecule has 0 saturated carbocycles. The zero-order chi connectivity index (χ0) is 17.3. The van der Waals surface area contributed by atoms with Gasteiger partial charge < -0.3 is 0 Å². The number of nitrogens with zero attached hydrogens (tertiary/aromatic N) is 5. The molecule has 0 spiro atoms. The molecule has 0 amide bonds. The average molecular weight is 339 g/mol. The van der Waals surface area contributed by atoms with Gasteiger partial charge in [0.05, 0.1) is 11.9 Å². The Balaban J connectivity index is 1.64. The molecular formula is C21H17N5. The van der Waals surface area contributed by atoms with E-state index in [1.165, 1.54) is 16.4 Å². The molecule has 0 bridgehead atoms. The Morgan fingerprint density at radius 2 is 1.88 bits per heavy atom. The van der Waals surface area contributed by atoms with Crippen LogP contribution in [0.1, 0.15) is 17.8 Å². The van der Waals surface area contributed by atoms with Crippen LogP contribution in [0.25, 0.3) is 11.1 Å². The quantitative estimate of drug-likeness (QED) is 0.732. The molecule has 5 nitrogen and oxygen atoms in total. The highest BCUT2D eigenvalue weighted by molar-refractivity contribution is 6.06. The lowest BCUT2D eigenvalue weighted by Crippen LogP contribution is -2.26. The third kappa shape index (κ3) is 2.49. The van der Waals surface area contributed by atoms with Gasteiger partial charge in [0.1, 0.15) is 6.33 Å². The molecular weight excluding hydrogens is 322 g/mol. The van der Waals surface area contributed by atoms with Crippen LogP contribution in [-0.4, -0.2) is 26.3 Å². The minimum absolute atomic E-state index is 0.670. The van der Waals surface area contributed by atoms with E-state index in [-0.39, 0.29) is 0 Å². The Hall–Kier alpha value is -3.34. The molecule has 1 aliphatic heterocycles. The lowest BCUT2D eigenvalue weighted by atomic mass is 9.98. The highest BCUT2D eigenvalue weighted by atomic mass is 15.3. The van der Waals surface area contributed by atoms with Crippen molar-refractivity contribution in [1.29, 1.82) is 0 Å². The molecule has 126 valence electrons. The molecule has 5 rings (SSSR count). The van der Waals surface area contributed by atoms with Crippen LogP contribution in [0.4, 0.5) is 0 Å². The highest BCUT2D eigenvalue weighted by Crippen LogP contribution is 2.35. The number of allylic oxidation sites excluding steroid dienone is 3. The number of para-hydroxylation sites is 1. The normalized spacial score (nSPS) is 15.5. The topological polar surface area (TPSA) is 56.0 Å². The predicted octanol–water partition coefficient (Wildman–Crippen LogP) is 1.92. The minimum Gasteiger partial charge on any atom is -0.284 e. The third-order valence-corrected chi connectivity index (χ3v) is 4.82. The number of benzene rings is 1. The summed E-state index contributed by atoms with van der Waals surface area (Å²) in [6, 6.07) is 12.4. The van der Waals surface area contributed by atoms with Crippen molar-refractivity contribution in [3.8, 4) is 0 Å². The van der Waals surface area contributed by atoms with Crippen molar-refractivity contribution < 1.29 is 0 Å². The molecule has 0 radical (unpaired) electrons. The van der Waals surface area contributed by atoms with E-state index in [0.717, 1.165) is 35.3 Å². The van der Waals surface area contributed by atoms with Crippen molar-refractivity contribution in [2.24, 2.45) is 4.99 Å². The summed E-state index contributed by atoms with van der Waals surface area (Å²) in [7, 11) is 0. The maximum atomic E-state index is 4.74. The fourth-order valence-electron chi connectivity index (χ4n) is 3.61. The van der Waals surface area contributed by atoms with E-state index in [2.05, 4.69) is 45.4 Å². The second-order valence-corrected chi connectivity index (χ2v) is 6.39. The van der Waals surface area contributed by atoms with E-state index in [1.54, 1.807) is 18.7 Å². The molecule has 3 aromatic rings. The van der Waals surface area contributed by atoms with Crippen LogP contribution in [0.5, 0.6) is 0 Å². The molecule has 2 aliphatic rings. The fraction of sp³-hybridized carbons (Fsp3) is 0.143. The van der Waals surface area contributed by atoms with Crippen LogP contribution in [0.2, 0.25) is 0 Å². The van der Waals surface area contributed by atoms with Gasteiger partial charge >= 0.3 is 0 Å². The Bertz CT molecular complexity index is 1150. The summed E-state index contributed by atoms with van der Waals surface area (Å²) >= 11 is 0. The lowest BCUT2D eigenvalue weighted by molar-refractivity contribution is 0.675. The van der Waals surface area contributed by atoms with Crippen LogP contribution in [0.15, 0.2) is 77.8 Å². The van der Waals surface area contributed by atoms with Crippen molar-refractivity contribution >= 4 is 11.1 Å². The summed E-state index contributed by atoms with van der Waals surface area (Å²) in [6.07, 6.45) is 10.6. The number of hydrogen-bond acceptors (Lipinski definition) is 4. The van der Waals surface area contributed by atoms with Gasteiger partial charge in [-0.25, -0.2) is 9.67 Å². The van der Waals surface area contributed by atoms with Gasteiger partial charge in [-0.2, -0.15) is 5.10 Å². The number of hydrogen-bond donors (Lipinski definition) is 0. The van der Waals surface area contributed by atoms with E-state index in [4.69, 9.17) is 4.99 Å². The number of rotatable bonds is 3. The van der Waals surface area contributed by atoms with E-state index < -0.39 is 0 Å². The van der Waals surface area contributed by atoms with Gasteiger partial charge in [0.2, 0.25) is 0 Å². The summed E-state index contributed by atoms with van der Waals surface area (Å²) < 4.78 is 1.95. The smallest absolute Gasteiger partial charge is 0.158 e. The standard InChI is InChI=1S/C21H17N5/c1-2-4-19-17(3-1)20-16(9-12-23-19)5-6-18(20)21-24-14-25-26(21)13-15-7-10-22-11-8-15/h1-8,10-11,14H,9,12-13H2. The van der Waals surface area contributed by atoms with Gasteiger partial charge in [-0.3, -0.25) is 9.98 Å². The maximum Gasteiger partial charge on any atom is 0.158 e. The summed E-state index contributed by atoms with van der Waals surface area (Å²) in [6.45, 7) is 1.49. The molecule has 1 aromatic carbocycles. The third-order valence-electron chi connectivity index (χ3n) is 4.82. The molecule has 3 heterocycles. The van der Waals surface area contributed by atoms with E-state index in [9.17, 15) is 0 Å². The van der Waals surface area contributed by atoms with Crippen LogP contribution >= 0.6 is 0 Å². The van der Waals surface area contributed by atoms with E-state index in [1.807, 2.05) is 22.9 Å². The fourth-order valence-corrected chi connectivity index (χ4v) is 3.61. The zero-order valence-electron chi connectivity index (χ0n) is 14.2. The molecule has 0 saturated heterocycles. The number of aromatic nitrogens is 4. The first-order valence-corrected chi connectivity index (χ1v) is 8.73. The number of pyridine rings is 1. The molecule has 26 heavy (non-hydrogen) atoms. The first-order chi connectivity index (χ1) is 12.9. The van der Waals surface area contributed by atoms with Crippen molar-refractivity contribution in [1.82, 2.24) is 19.7 Å². The van der Waals surface area contributed by atoms with Crippen LogP contribution in [-0.2, 0) is 6.54 Å². The maximum absolute atomic E-state index is 4.74. The van der Waals surface area contributed by atoms with Crippen molar-refractivity contribution in [3.05, 3.63) is 94.8 Å². The average Bonchev–Trinajstić information content (AvgIpc) is 3.25. The number of fused-ring (bicyclic) bond motifs is 2. The SMILES string of the molecule is C1=C2CCN=c3ccccc3=C2C(c2ncnn2Cc2ccncc2)=C1. The van der Waals surface area contributed by atoms with Gasteiger partial charge in [-0.15, -0.1) is 0 Å². The Morgan fingerprint density at radius 1 is 1.00 bits per heavy atom. The Labute approximate surface area is 150 Å². The molecule has 2 aromatic heterocycles. The Kier molecular flexibility index (Phi) is 3.56. The predicted molar refractivity (Wildman–Crippen MR) is 99.5 cm³/mol. The summed E-state index contributed by atoms with van der Waals surface area (Å²) in [5, 5.41) is 6.69. The molecule has 0 unspecified atom stereocenters. The molecule has 0 N–H and O–H groups in total. The van der Waals surface area contributed by atoms with Crippen LogP contribution < -0.4 is 10.6 Å². The van der Waals surface area contributed by atoms with Gasteiger partial charge in [0.15, 0.2) is 5.82 Å². The minimum atomic E-state index is 0.670. The van der Waals surface area contributed by atoms with Gasteiger partial charge in [-0.05, 0) is 41.3 Å². The second kappa shape index (κ2) is 6.19. The first-order valence-electron chi connectivity index (χ1n) is 8.73. The summed E-state index contributed by atoms with van der Waals surface area (Å²) in [4.78, 5) is 13.4. The lowest BCUT2D eigenvalue weighted by Gasteiger charge is -2.11. The molecule has 0 fully saturated rings. The van der Waals surface area contributed by atoms with Crippen molar-refractivity contribution in [2.75, 3.05) is 6.54 Å². The first kappa shape index (κ1) is 15.0. The Morgan fingerprint density at radius 3 is 2.81 bits per heavy atom. The van der Waals surface area contributed by atoms with Gasteiger partial charge in [0, 0.05) is 29.7 Å². The highest BCUT2D eigenvalue weighted by Gasteiger charge is 2.23. The van der Waals surface area contributed by atoms with Gasteiger partial charge in [-0.1, -0.05) is 30.4 Å². The van der Waals surface area contributed by atoms with Crippen molar-refractivity contribution in [3.63, 3.8) is 0 Å². The van der Waals surface area contributed by atoms with Crippen molar-refractivity contribution in [2.45, 2.75) is 13.0 Å². The van der Waals surface area contributed by atoms with Crippen LogP contribution in [0.3, 0.4) is 0 Å². The molecule has 1 aliphatic carbocycles. The second-order valence-electron chi connectivity index (χ2n) is 6.39. The summed E-state index contributed by atoms with van der Waals surface area (Å²) in [5.74, 6) is 0.889. The van der Waals surface area contributed by atoms with E-state index in [0.29, 0.717) is 6.54 Å². The van der Waals surface area contributed by atoms with Gasteiger partial charge in [0.25, 0.3) is 0 Å². The zero-order valence-corrected chi connectivity index (χ0v) is 14.2. The summed E-state index contributed by atoms with van der Waals surface area (Å²) in [5.41, 5.74) is 4.84. The molecule has 5 heteroatoms.